The second kappa shape index (κ2) is 4.46. The topological polar surface area (TPSA) is 62.9 Å². The Morgan fingerprint density at radius 3 is 2.73 bits per heavy atom. The maximum Gasteiger partial charge on any atom is 0.328 e. The number of aliphatic carboxylic acids is 1. The first kappa shape index (κ1) is 10.2. The third kappa shape index (κ3) is 2.19. The molecular formula is C10H13NO4. The molecule has 1 saturated heterocycles. The smallest absolute Gasteiger partial charge is 0.328 e. The van der Waals surface area contributed by atoms with E-state index in [4.69, 9.17) is 14.3 Å². The van der Waals surface area contributed by atoms with Crippen molar-refractivity contribution in [3.63, 3.8) is 0 Å². The molecule has 0 aromatic carbocycles. The molecule has 2 heterocycles. The highest BCUT2D eigenvalue weighted by Gasteiger charge is 2.30. The van der Waals surface area contributed by atoms with Crippen LogP contribution in [0.25, 0.3) is 0 Å². The molecule has 0 radical (unpaired) electrons. The van der Waals surface area contributed by atoms with Gasteiger partial charge >= 0.3 is 5.97 Å². The van der Waals surface area contributed by atoms with Gasteiger partial charge in [0, 0.05) is 13.1 Å². The summed E-state index contributed by atoms with van der Waals surface area (Å²) in [5.74, 6) is -0.406. The van der Waals surface area contributed by atoms with E-state index in [-0.39, 0.29) is 0 Å². The lowest BCUT2D eigenvalue weighted by Crippen LogP contribution is -2.42. The molecule has 5 heteroatoms. The van der Waals surface area contributed by atoms with Crippen LogP contribution >= 0.6 is 0 Å². The van der Waals surface area contributed by atoms with Gasteiger partial charge in [0.05, 0.1) is 19.5 Å². The molecule has 1 aliphatic heterocycles. The Hall–Kier alpha value is -1.33. The largest absolute Gasteiger partial charge is 0.480 e. The standard InChI is InChI=1S/C10H13NO4/c12-10(13)9(8-2-1-5-15-8)11-3-6-14-7-4-11/h1-2,5,9H,3-4,6-7H2,(H,12,13). The Balaban J connectivity index is 2.15. The van der Waals surface area contributed by atoms with Crippen LogP contribution in [-0.4, -0.2) is 42.3 Å². The maximum absolute atomic E-state index is 11.2. The van der Waals surface area contributed by atoms with E-state index >= 15 is 0 Å². The summed E-state index contributed by atoms with van der Waals surface area (Å²) in [6.45, 7) is 2.39. The summed E-state index contributed by atoms with van der Waals surface area (Å²) in [6, 6.07) is 2.70. The lowest BCUT2D eigenvalue weighted by Gasteiger charge is -2.30. The van der Waals surface area contributed by atoms with E-state index in [1.54, 1.807) is 12.1 Å². The zero-order chi connectivity index (χ0) is 10.7. The molecule has 1 atom stereocenters. The molecule has 82 valence electrons. The van der Waals surface area contributed by atoms with E-state index in [9.17, 15) is 4.79 Å². The Morgan fingerprint density at radius 2 is 2.20 bits per heavy atom. The minimum Gasteiger partial charge on any atom is -0.480 e. The lowest BCUT2D eigenvalue weighted by atomic mass is 10.2. The van der Waals surface area contributed by atoms with Gasteiger partial charge in [-0.3, -0.25) is 9.69 Å². The fourth-order valence-corrected chi connectivity index (χ4v) is 1.74. The average molecular weight is 211 g/mol. The van der Waals surface area contributed by atoms with Crippen molar-refractivity contribution in [2.45, 2.75) is 6.04 Å². The molecule has 1 unspecified atom stereocenters. The first-order valence-corrected chi connectivity index (χ1v) is 4.87. The van der Waals surface area contributed by atoms with Gasteiger partial charge in [-0.1, -0.05) is 0 Å². The summed E-state index contributed by atoms with van der Waals surface area (Å²) >= 11 is 0. The van der Waals surface area contributed by atoms with Crippen LogP contribution in [0.2, 0.25) is 0 Å². The van der Waals surface area contributed by atoms with Crippen molar-refractivity contribution in [3.05, 3.63) is 24.2 Å². The van der Waals surface area contributed by atoms with Crippen molar-refractivity contribution in [3.8, 4) is 0 Å². The van der Waals surface area contributed by atoms with Gasteiger partial charge in [0.2, 0.25) is 0 Å². The molecule has 2 rings (SSSR count). The second-order valence-corrected chi connectivity index (χ2v) is 3.40. The number of carbonyl (C=O) groups is 1. The van der Waals surface area contributed by atoms with E-state index in [2.05, 4.69) is 0 Å². The molecule has 0 bridgehead atoms. The van der Waals surface area contributed by atoms with Crippen molar-refractivity contribution in [1.29, 1.82) is 0 Å². The average Bonchev–Trinajstić information content (AvgIpc) is 2.72. The fraction of sp³-hybridized carbons (Fsp3) is 0.500. The monoisotopic (exact) mass is 211 g/mol. The van der Waals surface area contributed by atoms with Crippen LogP contribution < -0.4 is 0 Å². The van der Waals surface area contributed by atoms with Crippen molar-refractivity contribution < 1.29 is 19.1 Å². The number of carboxylic acids is 1. The zero-order valence-electron chi connectivity index (χ0n) is 8.26. The maximum atomic E-state index is 11.2. The molecule has 5 nitrogen and oxygen atoms in total. The number of carboxylic acid groups (broad SMARTS) is 1. The normalized spacial score (nSPS) is 20.0. The molecule has 0 aliphatic carbocycles. The SMILES string of the molecule is O=C(O)C(c1ccco1)N1CCOCC1. The molecule has 1 aliphatic rings. The first-order chi connectivity index (χ1) is 7.29. The number of rotatable bonds is 3. The molecule has 15 heavy (non-hydrogen) atoms. The third-order valence-corrected chi connectivity index (χ3v) is 2.46. The Kier molecular flexibility index (Phi) is 3.03. The van der Waals surface area contributed by atoms with Gasteiger partial charge in [0.1, 0.15) is 5.76 Å². The van der Waals surface area contributed by atoms with Crippen LogP contribution in [0.5, 0.6) is 0 Å². The summed E-state index contributed by atoms with van der Waals surface area (Å²) in [5, 5.41) is 9.15. The highest BCUT2D eigenvalue weighted by atomic mass is 16.5. The van der Waals surface area contributed by atoms with Gasteiger partial charge in [-0.15, -0.1) is 0 Å². The number of morpholine rings is 1. The molecule has 0 amide bonds. The quantitative estimate of drug-likeness (QED) is 0.798. The molecule has 1 fully saturated rings. The number of furan rings is 1. The van der Waals surface area contributed by atoms with E-state index in [1.807, 2.05) is 4.90 Å². The van der Waals surface area contributed by atoms with E-state index in [1.165, 1.54) is 6.26 Å². The number of hydrogen-bond acceptors (Lipinski definition) is 4. The molecular weight excluding hydrogens is 198 g/mol. The van der Waals surface area contributed by atoms with Gasteiger partial charge in [0.15, 0.2) is 6.04 Å². The molecule has 0 spiro atoms. The summed E-state index contributed by atoms with van der Waals surface area (Å²) in [5.41, 5.74) is 0. The zero-order valence-corrected chi connectivity index (χ0v) is 8.26. The minimum atomic E-state index is -0.883. The first-order valence-electron chi connectivity index (χ1n) is 4.87. The van der Waals surface area contributed by atoms with Crippen LogP contribution in [-0.2, 0) is 9.53 Å². The predicted molar refractivity (Wildman–Crippen MR) is 51.5 cm³/mol. The van der Waals surface area contributed by atoms with Crippen LogP contribution in [0, 0.1) is 0 Å². The highest BCUT2D eigenvalue weighted by molar-refractivity contribution is 5.74. The third-order valence-electron chi connectivity index (χ3n) is 2.46. The summed E-state index contributed by atoms with van der Waals surface area (Å²) in [7, 11) is 0. The van der Waals surface area contributed by atoms with Gasteiger partial charge in [-0.2, -0.15) is 0 Å². The second-order valence-electron chi connectivity index (χ2n) is 3.40. The Labute approximate surface area is 87.2 Å². The summed E-state index contributed by atoms with van der Waals surface area (Å²) in [6.07, 6.45) is 1.49. The van der Waals surface area contributed by atoms with Crippen molar-refractivity contribution in [1.82, 2.24) is 4.90 Å². The van der Waals surface area contributed by atoms with Crippen LogP contribution in [0.3, 0.4) is 0 Å². The van der Waals surface area contributed by atoms with Crippen LogP contribution in [0.1, 0.15) is 11.8 Å². The van der Waals surface area contributed by atoms with Gasteiger partial charge in [-0.05, 0) is 12.1 Å². The van der Waals surface area contributed by atoms with E-state index in [0.717, 1.165) is 0 Å². The Bertz CT molecular complexity index is 316. The van der Waals surface area contributed by atoms with Crippen molar-refractivity contribution in [2.75, 3.05) is 26.3 Å². The lowest BCUT2D eigenvalue weighted by molar-refractivity contribution is -0.146. The molecule has 1 aromatic rings. The van der Waals surface area contributed by atoms with E-state index < -0.39 is 12.0 Å². The summed E-state index contributed by atoms with van der Waals surface area (Å²) < 4.78 is 10.3. The predicted octanol–water partition coefficient (Wildman–Crippen LogP) is 0.738. The summed E-state index contributed by atoms with van der Waals surface area (Å²) in [4.78, 5) is 13.0. The number of ether oxygens (including phenoxy) is 1. The fourth-order valence-electron chi connectivity index (χ4n) is 1.74. The number of hydrogen-bond donors (Lipinski definition) is 1. The van der Waals surface area contributed by atoms with E-state index in [0.29, 0.717) is 32.1 Å². The van der Waals surface area contributed by atoms with Crippen molar-refractivity contribution in [2.24, 2.45) is 0 Å². The number of nitrogens with zero attached hydrogens (tertiary/aromatic N) is 1. The van der Waals surface area contributed by atoms with Crippen LogP contribution in [0.4, 0.5) is 0 Å². The van der Waals surface area contributed by atoms with Gasteiger partial charge in [-0.25, -0.2) is 0 Å². The van der Waals surface area contributed by atoms with Gasteiger partial charge < -0.3 is 14.3 Å². The molecule has 1 aromatic heterocycles. The Morgan fingerprint density at radius 1 is 1.47 bits per heavy atom. The highest BCUT2D eigenvalue weighted by Crippen LogP contribution is 2.22. The minimum absolute atomic E-state index is 0.476. The van der Waals surface area contributed by atoms with Crippen molar-refractivity contribution >= 4 is 5.97 Å². The van der Waals surface area contributed by atoms with Gasteiger partial charge in [0.25, 0.3) is 0 Å². The molecule has 0 saturated carbocycles. The molecule has 1 N–H and O–H groups in total. The van der Waals surface area contributed by atoms with Crippen LogP contribution in [0.15, 0.2) is 22.8 Å².